The molecule has 0 aliphatic rings. The van der Waals surface area contributed by atoms with E-state index in [1.165, 1.54) is 24.8 Å². The van der Waals surface area contributed by atoms with E-state index in [0.717, 1.165) is 49.2 Å². The number of aryl methyl sites for hydroxylation is 1. The third-order valence-electron chi connectivity index (χ3n) is 4.81. The van der Waals surface area contributed by atoms with Crippen LogP contribution in [0.15, 0.2) is 53.1 Å². The summed E-state index contributed by atoms with van der Waals surface area (Å²) < 4.78 is 11.2. The fourth-order valence-electron chi connectivity index (χ4n) is 3.08. The van der Waals surface area contributed by atoms with Crippen molar-refractivity contribution < 1.29 is 9.26 Å². The molecule has 3 aromatic rings. The van der Waals surface area contributed by atoms with Crippen molar-refractivity contribution in [3.8, 4) is 28.3 Å². The van der Waals surface area contributed by atoms with Crippen molar-refractivity contribution in [3.05, 3.63) is 54.4 Å². The smallest absolute Gasteiger partial charge is 0.226 e. The largest absolute Gasteiger partial charge is 0.494 e. The highest BCUT2D eigenvalue weighted by atomic mass is 16.5. The molecule has 1 aromatic heterocycles. The molecule has 0 saturated carbocycles. The fraction of sp³-hybridized carbons (Fsp3) is 0.417. The molecule has 3 rings (SSSR count). The van der Waals surface area contributed by atoms with Crippen LogP contribution in [0.5, 0.6) is 5.75 Å². The van der Waals surface area contributed by atoms with Crippen LogP contribution in [-0.4, -0.2) is 16.7 Å². The first-order valence-corrected chi connectivity index (χ1v) is 10.5. The molecule has 0 atom stereocenters. The number of hydrogen-bond donors (Lipinski definition) is 0. The summed E-state index contributed by atoms with van der Waals surface area (Å²) in [5.74, 6) is 2.30. The van der Waals surface area contributed by atoms with Crippen LogP contribution in [0, 0.1) is 0 Å². The molecule has 0 radical (unpaired) electrons. The molecule has 1 heterocycles. The lowest BCUT2D eigenvalue weighted by molar-refractivity contribution is 0.305. The van der Waals surface area contributed by atoms with E-state index < -0.39 is 0 Å². The van der Waals surface area contributed by atoms with Crippen molar-refractivity contribution >= 4 is 0 Å². The van der Waals surface area contributed by atoms with Crippen molar-refractivity contribution in [1.29, 1.82) is 0 Å². The average molecular weight is 379 g/mol. The van der Waals surface area contributed by atoms with E-state index in [0.29, 0.717) is 11.7 Å². The van der Waals surface area contributed by atoms with Gasteiger partial charge in [0.05, 0.1) is 6.61 Å². The second-order valence-corrected chi connectivity index (χ2v) is 7.13. The van der Waals surface area contributed by atoms with Gasteiger partial charge in [0.25, 0.3) is 0 Å². The lowest BCUT2D eigenvalue weighted by Gasteiger charge is -2.07. The molecule has 0 unspecified atom stereocenters. The maximum absolute atomic E-state index is 5.82. The molecule has 0 bridgehead atoms. The third-order valence-corrected chi connectivity index (χ3v) is 4.81. The molecule has 0 spiro atoms. The second kappa shape index (κ2) is 10.6. The molecule has 0 N–H and O–H groups in total. The molecule has 0 amide bonds. The normalized spacial score (nSPS) is 10.9. The van der Waals surface area contributed by atoms with E-state index >= 15 is 0 Å². The lowest BCUT2D eigenvalue weighted by atomic mass is 10.0. The van der Waals surface area contributed by atoms with Gasteiger partial charge in [-0.25, -0.2) is 0 Å². The number of aromatic nitrogens is 2. The Bertz CT molecular complexity index is 823. The van der Waals surface area contributed by atoms with E-state index in [2.05, 4.69) is 48.3 Å². The van der Waals surface area contributed by atoms with Crippen molar-refractivity contribution in [1.82, 2.24) is 10.1 Å². The number of rotatable bonds is 11. The van der Waals surface area contributed by atoms with Crippen LogP contribution in [0.2, 0.25) is 0 Å². The molecule has 0 aliphatic heterocycles. The molecule has 148 valence electrons. The number of ether oxygens (including phenoxy) is 1. The van der Waals surface area contributed by atoms with Crippen molar-refractivity contribution in [2.75, 3.05) is 6.61 Å². The van der Waals surface area contributed by atoms with Crippen LogP contribution in [-0.2, 0) is 6.42 Å². The third kappa shape index (κ3) is 5.69. The zero-order valence-corrected chi connectivity index (χ0v) is 17.0. The topological polar surface area (TPSA) is 48.2 Å². The zero-order valence-electron chi connectivity index (χ0n) is 17.0. The van der Waals surface area contributed by atoms with E-state index in [9.17, 15) is 0 Å². The van der Waals surface area contributed by atoms with Gasteiger partial charge >= 0.3 is 0 Å². The zero-order chi connectivity index (χ0) is 19.6. The number of benzene rings is 2. The molecule has 4 heteroatoms. The van der Waals surface area contributed by atoms with Crippen LogP contribution in [0.4, 0.5) is 0 Å². The molecular formula is C24H30N2O2. The maximum atomic E-state index is 5.82. The Morgan fingerprint density at radius 2 is 1.39 bits per heavy atom. The minimum Gasteiger partial charge on any atom is -0.494 e. The first-order chi connectivity index (χ1) is 13.8. The fourth-order valence-corrected chi connectivity index (χ4v) is 3.08. The van der Waals surface area contributed by atoms with E-state index in [-0.39, 0.29) is 0 Å². The van der Waals surface area contributed by atoms with Gasteiger partial charge in [-0.1, -0.05) is 81.1 Å². The van der Waals surface area contributed by atoms with Gasteiger partial charge in [0.15, 0.2) is 0 Å². The molecule has 0 fully saturated rings. The van der Waals surface area contributed by atoms with Gasteiger partial charge < -0.3 is 9.26 Å². The molecular weight excluding hydrogens is 348 g/mol. The Balaban J connectivity index is 1.58. The Morgan fingerprint density at radius 3 is 2.07 bits per heavy atom. The average Bonchev–Trinajstić information content (AvgIpc) is 3.22. The first kappa shape index (κ1) is 20.1. The summed E-state index contributed by atoms with van der Waals surface area (Å²) in [7, 11) is 0. The minimum atomic E-state index is 0.657. The van der Waals surface area contributed by atoms with E-state index in [4.69, 9.17) is 9.26 Å². The lowest BCUT2D eigenvalue weighted by Crippen LogP contribution is -1.96. The minimum absolute atomic E-state index is 0.657. The van der Waals surface area contributed by atoms with Crippen LogP contribution in [0.25, 0.3) is 22.5 Å². The van der Waals surface area contributed by atoms with Gasteiger partial charge in [0.2, 0.25) is 11.7 Å². The SMILES string of the molecule is CCCCCCOc1ccc(-c2ccc(-c3noc(CCCC)n3)cc2)cc1. The predicted octanol–water partition coefficient (Wildman–Crippen LogP) is 6.71. The van der Waals surface area contributed by atoms with E-state index in [1.807, 2.05) is 24.3 Å². The Labute approximate surface area is 167 Å². The van der Waals surface area contributed by atoms with Gasteiger partial charge in [-0.05, 0) is 36.1 Å². The standard InChI is InChI=1S/C24H30N2O2/c1-3-5-7-8-18-27-22-16-14-20(15-17-22)19-10-12-21(13-11-19)24-25-23(28-26-24)9-6-4-2/h10-17H,3-9,18H2,1-2H3. The Morgan fingerprint density at radius 1 is 0.750 bits per heavy atom. The summed E-state index contributed by atoms with van der Waals surface area (Å²) in [5.41, 5.74) is 3.30. The number of hydrogen-bond acceptors (Lipinski definition) is 4. The molecule has 0 saturated heterocycles. The van der Waals surface area contributed by atoms with Crippen molar-refractivity contribution in [2.45, 2.75) is 58.8 Å². The summed E-state index contributed by atoms with van der Waals surface area (Å²) in [5, 5.41) is 4.10. The number of nitrogens with zero attached hydrogens (tertiary/aromatic N) is 2. The van der Waals surface area contributed by atoms with Crippen LogP contribution >= 0.6 is 0 Å². The summed E-state index contributed by atoms with van der Waals surface area (Å²) in [6, 6.07) is 16.6. The van der Waals surface area contributed by atoms with Crippen LogP contribution in [0.1, 0.15) is 58.3 Å². The summed E-state index contributed by atoms with van der Waals surface area (Å²) in [6.45, 7) is 5.17. The Hall–Kier alpha value is -2.62. The highest BCUT2D eigenvalue weighted by molar-refractivity contribution is 5.68. The highest BCUT2D eigenvalue weighted by Crippen LogP contribution is 2.25. The van der Waals surface area contributed by atoms with Gasteiger partial charge in [0, 0.05) is 12.0 Å². The molecule has 4 nitrogen and oxygen atoms in total. The Kier molecular flexibility index (Phi) is 7.65. The summed E-state index contributed by atoms with van der Waals surface area (Å²) in [4.78, 5) is 4.48. The summed E-state index contributed by atoms with van der Waals surface area (Å²) >= 11 is 0. The van der Waals surface area contributed by atoms with E-state index in [1.54, 1.807) is 0 Å². The van der Waals surface area contributed by atoms with Gasteiger partial charge in [-0.3, -0.25) is 0 Å². The van der Waals surface area contributed by atoms with Crippen molar-refractivity contribution in [3.63, 3.8) is 0 Å². The van der Waals surface area contributed by atoms with Gasteiger partial charge in [-0.15, -0.1) is 0 Å². The molecule has 2 aromatic carbocycles. The van der Waals surface area contributed by atoms with Crippen LogP contribution < -0.4 is 4.74 Å². The maximum Gasteiger partial charge on any atom is 0.226 e. The monoisotopic (exact) mass is 378 g/mol. The first-order valence-electron chi connectivity index (χ1n) is 10.5. The van der Waals surface area contributed by atoms with Crippen LogP contribution in [0.3, 0.4) is 0 Å². The van der Waals surface area contributed by atoms with Gasteiger partial charge in [-0.2, -0.15) is 4.98 Å². The van der Waals surface area contributed by atoms with Gasteiger partial charge in [0.1, 0.15) is 5.75 Å². The van der Waals surface area contributed by atoms with Crippen molar-refractivity contribution in [2.24, 2.45) is 0 Å². The predicted molar refractivity (Wildman–Crippen MR) is 113 cm³/mol. The molecule has 0 aliphatic carbocycles. The second-order valence-electron chi connectivity index (χ2n) is 7.13. The summed E-state index contributed by atoms with van der Waals surface area (Å²) in [6.07, 6.45) is 7.92. The quantitative estimate of drug-likeness (QED) is 0.348. The molecule has 28 heavy (non-hydrogen) atoms. The number of unbranched alkanes of at least 4 members (excludes halogenated alkanes) is 4. The highest BCUT2D eigenvalue weighted by Gasteiger charge is 2.08.